The maximum atomic E-state index is 13.7. The number of methoxy groups -OCH3 is 1. The molecule has 0 amide bonds. The SMILES string of the molecule is COc1ccc(CC2(N)CCCC(C)CC2)cc1F. The summed E-state index contributed by atoms with van der Waals surface area (Å²) in [6.07, 6.45) is 6.43. The van der Waals surface area contributed by atoms with Gasteiger partial charge in [0, 0.05) is 5.54 Å². The van der Waals surface area contributed by atoms with E-state index in [2.05, 4.69) is 6.92 Å². The van der Waals surface area contributed by atoms with Crippen LogP contribution in [0, 0.1) is 11.7 Å². The first-order valence-corrected chi connectivity index (χ1v) is 7.14. The molecule has 1 aromatic carbocycles. The summed E-state index contributed by atoms with van der Waals surface area (Å²) in [5.74, 6) is 0.757. The Bertz CT molecular complexity index is 435. The average Bonchev–Trinajstić information content (AvgIpc) is 2.52. The van der Waals surface area contributed by atoms with Crippen molar-refractivity contribution >= 4 is 0 Å². The summed E-state index contributed by atoms with van der Waals surface area (Å²) in [6.45, 7) is 2.29. The van der Waals surface area contributed by atoms with Crippen LogP contribution in [0.1, 0.15) is 44.6 Å². The number of benzene rings is 1. The fraction of sp³-hybridized carbons (Fsp3) is 0.625. The van der Waals surface area contributed by atoms with Gasteiger partial charge >= 0.3 is 0 Å². The van der Waals surface area contributed by atoms with Crippen LogP contribution < -0.4 is 10.5 Å². The minimum atomic E-state index is -0.300. The van der Waals surface area contributed by atoms with Crippen molar-refractivity contribution in [2.24, 2.45) is 11.7 Å². The molecule has 1 aliphatic rings. The van der Waals surface area contributed by atoms with Crippen LogP contribution in [0.15, 0.2) is 18.2 Å². The minimum absolute atomic E-state index is 0.175. The Morgan fingerprint density at radius 1 is 1.37 bits per heavy atom. The quantitative estimate of drug-likeness (QED) is 0.846. The summed E-state index contributed by atoms with van der Waals surface area (Å²) in [4.78, 5) is 0. The van der Waals surface area contributed by atoms with E-state index in [-0.39, 0.29) is 11.4 Å². The average molecular weight is 265 g/mol. The molecule has 1 saturated carbocycles. The molecule has 3 heteroatoms. The Morgan fingerprint density at radius 3 is 2.84 bits per heavy atom. The highest BCUT2D eigenvalue weighted by molar-refractivity contribution is 5.30. The lowest BCUT2D eigenvalue weighted by atomic mass is 9.84. The molecule has 2 nitrogen and oxygen atoms in total. The van der Waals surface area contributed by atoms with Gasteiger partial charge in [0.25, 0.3) is 0 Å². The fourth-order valence-corrected chi connectivity index (χ4v) is 3.01. The molecule has 2 atom stereocenters. The van der Waals surface area contributed by atoms with Gasteiger partial charge in [-0.05, 0) is 49.3 Å². The molecule has 2 unspecified atom stereocenters. The third-order valence-corrected chi connectivity index (χ3v) is 4.28. The first kappa shape index (κ1) is 14.3. The fourth-order valence-electron chi connectivity index (χ4n) is 3.01. The van der Waals surface area contributed by atoms with E-state index >= 15 is 0 Å². The van der Waals surface area contributed by atoms with Crippen LogP contribution in [0.4, 0.5) is 4.39 Å². The summed E-state index contributed by atoms with van der Waals surface area (Å²) < 4.78 is 18.6. The van der Waals surface area contributed by atoms with Crippen molar-refractivity contribution in [1.82, 2.24) is 0 Å². The van der Waals surface area contributed by atoms with E-state index in [0.717, 1.165) is 30.7 Å². The lowest BCUT2D eigenvalue weighted by Crippen LogP contribution is -2.41. The van der Waals surface area contributed by atoms with Crippen LogP contribution in [0.5, 0.6) is 5.75 Å². The Labute approximate surface area is 115 Å². The molecule has 0 aliphatic heterocycles. The number of hydrogen-bond acceptors (Lipinski definition) is 2. The van der Waals surface area contributed by atoms with Crippen LogP contribution in [0.25, 0.3) is 0 Å². The monoisotopic (exact) mass is 265 g/mol. The van der Waals surface area contributed by atoms with Crippen LogP contribution in [0.2, 0.25) is 0 Å². The minimum Gasteiger partial charge on any atom is -0.494 e. The third kappa shape index (κ3) is 3.69. The van der Waals surface area contributed by atoms with Gasteiger partial charge < -0.3 is 10.5 Å². The molecule has 106 valence electrons. The molecule has 0 spiro atoms. The number of ether oxygens (including phenoxy) is 1. The summed E-state index contributed by atoms with van der Waals surface area (Å²) in [6, 6.07) is 5.17. The molecular formula is C16H24FNO. The summed E-state index contributed by atoms with van der Waals surface area (Å²) in [5.41, 5.74) is 7.31. The first-order chi connectivity index (χ1) is 9.02. The zero-order valence-corrected chi connectivity index (χ0v) is 11.9. The van der Waals surface area contributed by atoms with Gasteiger partial charge in [-0.2, -0.15) is 0 Å². The standard InChI is InChI=1S/C16H24FNO/c1-12-4-3-8-16(18,9-7-12)11-13-5-6-15(19-2)14(17)10-13/h5-6,10,12H,3-4,7-9,11,18H2,1-2H3. The van der Waals surface area contributed by atoms with Gasteiger partial charge in [-0.3, -0.25) is 0 Å². The van der Waals surface area contributed by atoms with Gasteiger partial charge in [-0.25, -0.2) is 4.39 Å². The van der Waals surface area contributed by atoms with Crippen molar-refractivity contribution < 1.29 is 9.13 Å². The maximum absolute atomic E-state index is 13.7. The molecule has 2 N–H and O–H groups in total. The normalized spacial score (nSPS) is 27.9. The molecule has 0 radical (unpaired) electrons. The largest absolute Gasteiger partial charge is 0.494 e. The second kappa shape index (κ2) is 5.91. The number of rotatable bonds is 3. The molecular weight excluding hydrogens is 241 g/mol. The van der Waals surface area contributed by atoms with Crippen molar-refractivity contribution in [3.63, 3.8) is 0 Å². The first-order valence-electron chi connectivity index (χ1n) is 7.14. The predicted molar refractivity (Wildman–Crippen MR) is 75.8 cm³/mol. The van der Waals surface area contributed by atoms with E-state index in [1.165, 1.54) is 26.4 Å². The Morgan fingerprint density at radius 2 is 2.16 bits per heavy atom. The van der Waals surface area contributed by atoms with E-state index in [9.17, 15) is 4.39 Å². The molecule has 19 heavy (non-hydrogen) atoms. The van der Waals surface area contributed by atoms with Gasteiger partial charge in [0.2, 0.25) is 0 Å². The summed E-state index contributed by atoms with van der Waals surface area (Å²) in [7, 11) is 1.48. The molecule has 0 heterocycles. The highest BCUT2D eigenvalue weighted by Crippen LogP contribution is 2.31. The zero-order chi connectivity index (χ0) is 13.9. The van der Waals surface area contributed by atoms with E-state index in [4.69, 9.17) is 10.5 Å². The maximum Gasteiger partial charge on any atom is 0.165 e. The Hall–Kier alpha value is -1.09. The van der Waals surface area contributed by atoms with Gasteiger partial charge in [-0.1, -0.05) is 25.8 Å². The Kier molecular flexibility index (Phi) is 4.46. The van der Waals surface area contributed by atoms with Crippen LogP contribution in [-0.4, -0.2) is 12.6 Å². The van der Waals surface area contributed by atoms with Crippen LogP contribution >= 0.6 is 0 Å². The van der Waals surface area contributed by atoms with Crippen LogP contribution in [-0.2, 0) is 6.42 Å². The highest BCUT2D eigenvalue weighted by atomic mass is 19.1. The molecule has 1 fully saturated rings. The molecule has 1 aromatic rings. The van der Waals surface area contributed by atoms with Crippen molar-refractivity contribution in [3.8, 4) is 5.75 Å². The van der Waals surface area contributed by atoms with Crippen LogP contribution in [0.3, 0.4) is 0 Å². The molecule has 2 rings (SSSR count). The lowest BCUT2D eigenvalue weighted by molar-refractivity contribution is 0.360. The Balaban J connectivity index is 2.09. The van der Waals surface area contributed by atoms with Gasteiger partial charge in [0.05, 0.1) is 7.11 Å². The smallest absolute Gasteiger partial charge is 0.165 e. The number of nitrogens with two attached hydrogens (primary N) is 1. The number of halogens is 1. The molecule has 0 aromatic heterocycles. The van der Waals surface area contributed by atoms with Gasteiger partial charge in [-0.15, -0.1) is 0 Å². The van der Waals surface area contributed by atoms with Crippen molar-refractivity contribution in [2.75, 3.05) is 7.11 Å². The lowest BCUT2D eigenvalue weighted by Gasteiger charge is -2.28. The topological polar surface area (TPSA) is 35.2 Å². The predicted octanol–water partition coefficient (Wildman–Crippen LogP) is 3.67. The summed E-state index contributed by atoms with van der Waals surface area (Å²) >= 11 is 0. The van der Waals surface area contributed by atoms with Crippen molar-refractivity contribution in [1.29, 1.82) is 0 Å². The van der Waals surface area contributed by atoms with Crippen molar-refractivity contribution in [2.45, 2.75) is 51.0 Å². The van der Waals surface area contributed by atoms with Gasteiger partial charge in [0.15, 0.2) is 11.6 Å². The second-order valence-electron chi connectivity index (χ2n) is 6.04. The van der Waals surface area contributed by atoms with E-state index in [0.29, 0.717) is 5.75 Å². The molecule has 1 aliphatic carbocycles. The third-order valence-electron chi connectivity index (χ3n) is 4.28. The van der Waals surface area contributed by atoms with E-state index < -0.39 is 0 Å². The number of hydrogen-bond donors (Lipinski definition) is 1. The zero-order valence-electron chi connectivity index (χ0n) is 11.9. The van der Waals surface area contributed by atoms with E-state index in [1.807, 2.05) is 6.07 Å². The summed E-state index contributed by atoms with van der Waals surface area (Å²) in [5, 5.41) is 0. The molecule has 0 saturated heterocycles. The van der Waals surface area contributed by atoms with E-state index in [1.54, 1.807) is 12.1 Å². The molecule has 0 bridgehead atoms. The van der Waals surface area contributed by atoms with Crippen molar-refractivity contribution in [3.05, 3.63) is 29.6 Å². The highest BCUT2D eigenvalue weighted by Gasteiger charge is 2.28. The van der Waals surface area contributed by atoms with Gasteiger partial charge in [0.1, 0.15) is 0 Å². The second-order valence-corrected chi connectivity index (χ2v) is 6.04.